The van der Waals surface area contributed by atoms with Gasteiger partial charge < -0.3 is 5.11 Å². The van der Waals surface area contributed by atoms with E-state index in [-0.39, 0.29) is 22.7 Å². The van der Waals surface area contributed by atoms with Gasteiger partial charge in [0.2, 0.25) is 0 Å². The predicted octanol–water partition coefficient (Wildman–Crippen LogP) is 2.78. The van der Waals surface area contributed by atoms with Gasteiger partial charge in [-0.2, -0.15) is 5.10 Å². The Bertz CT molecular complexity index is 956. The van der Waals surface area contributed by atoms with E-state index in [9.17, 15) is 18.7 Å². The van der Waals surface area contributed by atoms with Crippen molar-refractivity contribution in [2.24, 2.45) is 4.99 Å². The van der Waals surface area contributed by atoms with Crippen LogP contribution in [0.1, 0.15) is 16.2 Å². The van der Waals surface area contributed by atoms with Crippen molar-refractivity contribution in [2.75, 3.05) is 0 Å². The summed E-state index contributed by atoms with van der Waals surface area (Å²) in [6.07, 6.45) is 3.66. The first-order valence-electron chi connectivity index (χ1n) is 7.06. The van der Waals surface area contributed by atoms with E-state index in [0.717, 1.165) is 18.3 Å². The summed E-state index contributed by atoms with van der Waals surface area (Å²) < 4.78 is 28.0. The average molecular weight is 340 g/mol. The molecule has 0 saturated heterocycles. The summed E-state index contributed by atoms with van der Waals surface area (Å²) in [7, 11) is 0. The summed E-state index contributed by atoms with van der Waals surface area (Å²) in [5.41, 5.74) is -0.717. The van der Waals surface area contributed by atoms with Crippen LogP contribution in [0.4, 0.5) is 8.78 Å². The third-order valence-corrected chi connectivity index (χ3v) is 3.28. The summed E-state index contributed by atoms with van der Waals surface area (Å²) >= 11 is 0. The molecule has 2 aromatic heterocycles. The van der Waals surface area contributed by atoms with Crippen molar-refractivity contribution < 1.29 is 18.7 Å². The number of nitrogens with zero attached hydrogens (tertiary/aromatic N) is 4. The number of aromatic nitrogens is 3. The van der Waals surface area contributed by atoms with Gasteiger partial charge in [-0.3, -0.25) is 9.78 Å². The van der Waals surface area contributed by atoms with Gasteiger partial charge in [-0.05, 0) is 30.3 Å². The molecule has 3 aromatic rings. The smallest absolute Gasteiger partial charge is 0.298 e. The number of aliphatic imine (C=N–C) groups is 1. The van der Waals surface area contributed by atoms with E-state index >= 15 is 0 Å². The van der Waals surface area contributed by atoms with E-state index in [1.807, 2.05) is 0 Å². The number of carbonyl (C=O) groups is 1. The Morgan fingerprint density at radius 3 is 2.56 bits per heavy atom. The van der Waals surface area contributed by atoms with E-state index < -0.39 is 23.1 Å². The molecule has 1 amide bonds. The summed E-state index contributed by atoms with van der Waals surface area (Å²) in [4.78, 5) is 19.8. The first-order chi connectivity index (χ1) is 12.1. The largest absolute Gasteiger partial charge is 0.506 e. The summed E-state index contributed by atoms with van der Waals surface area (Å²) in [5, 5.41) is 16.8. The van der Waals surface area contributed by atoms with Crippen molar-refractivity contribution in [1.29, 1.82) is 0 Å². The fourth-order valence-electron chi connectivity index (χ4n) is 2.14. The number of benzene rings is 1. The summed E-state index contributed by atoms with van der Waals surface area (Å²) in [5.74, 6) is -2.73. The molecule has 6 nitrogen and oxygen atoms in total. The van der Waals surface area contributed by atoms with Crippen molar-refractivity contribution in [2.45, 2.75) is 0 Å². The quantitative estimate of drug-likeness (QED) is 0.741. The van der Waals surface area contributed by atoms with Crippen LogP contribution < -0.4 is 0 Å². The molecule has 1 N–H and O–H groups in total. The number of hydrogen-bond donors (Lipinski definition) is 1. The molecule has 0 aliphatic carbocycles. The van der Waals surface area contributed by atoms with Gasteiger partial charge in [-0.25, -0.2) is 13.8 Å². The number of rotatable bonds is 3. The van der Waals surface area contributed by atoms with Crippen LogP contribution in [-0.4, -0.2) is 32.4 Å². The monoisotopic (exact) mass is 340 g/mol. The SMILES string of the molecule is O=C(N=Cc1ncccc1O)c1nnccc1-c1c(F)cccc1F. The number of halogens is 2. The summed E-state index contributed by atoms with van der Waals surface area (Å²) in [6.45, 7) is 0. The third-order valence-electron chi connectivity index (χ3n) is 3.28. The minimum atomic E-state index is -0.879. The van der Waals surface area contributed by atoms with Crippen LogP contribution in [0.2, 0.25) is 0 Å². The van der Waals surface area contributed by atoms with E-state index in [2.05, 4.69) is 20.2 Å². The van der Waals surface area contributed by atoms with Crippen molar-refractivity contribution in [3.05, 3.63) is 71.8 Å². The zero-order valence-corrected chi connectivity index (χ0v) is 12.6. The lowest BCUT2D eigenvalue weighted by atomic mass is 10.0. The molecule has 3 rings (SSSR count). The standard InChI is InChI=1S/C17H10F2N4O2/c18-11-3-1-4-12(19)15(11)10-6-8-22-23-16(10)17(25)21-9-13-14(24)5-2-7-20-13/h1-9,24H. The lowest BCUT2D eigenvalue weighted by molar-refractivity contribution is 0.0998. The minimum absolute atomic E-state index is 0.0679. The zero-order valence-electron chi connectivity index (χ0n) is 12.6. The first kappa shape index (κ1) is 16.3. The molecule has 0 atom stereocenters. The fourth-order valence-corrected chi connectivity index (χ4v) is 2.14. The van der Waals surface area contributed by atoms with Gasteiger partial charge in [0.05, 0.1) is 18.0 Å². The predicted molar refractivity (Wildman–Crippen MR) is 85.2 cm³/mol. The number of pyridine rings is 1. The highest BCUT2D eigenvalue weighted by atomic mass is 19.1. The molecule has 0 aliphatic heterocycles. The Kier molecular flexibility index (Phi) is 4.51. The third kappa shape index (κ3) is 3.37. The Morgan fingerprint density at radius 2 is 1.84 bits per heavy atom. The molecule has 0 bridgehead atoms. The van der Waals surface area contributed by atoms with Gasteiger partial charge in [0.25, 0.3) is 5.91 Å². The summed E-state index contributed by atoms with van der Waals surface area (Å²) in [6, 6.07) is 7.52. The number of carbonyl (C=O) groups excluding carboxylic acids is 1. The average Bonchev–Trinajstić information content (AvgIpc) is 2.61. The molecule has 0 saturated carbocycles. The maximum atomic E-state index is 14.0. The second-order valence-electron chi connectivity index (χ2n) is 4.86. The normalized spacial score (nSPS) is 11.0. The highest BCUT2D eigenvalue weighted by molar-refractivity contribution is 6.04. The van der Waals surface area contributed by atoms with Gasteiger partial charge in [-0.1, -0.05) is 6.07 Å². The molecular formula is C17H10F2N4O2. The van der Waals surface area contributed by atoms with E-state index in [1.165, 1.54) is 36.7 Å². The van der Waals surface area contributed by atoms with Gasteiger partial charge in [0.1, 0.15) is 23.1 Å². The topological polar surface area (TPSA) is 88.3 Å². The lowest BCUT2D eigenvalue weighted by Crippen LogP contribution is -2.06. The molecule has 0 radical (unpaired) electrons. The van der Waals surface area contributed by atoms with E-state index in [4.69, 9.17) is 0 Å². The van der Waals surface area contributed by atoms with Crippen LogP contribution in [0, 0.1) is 11.6 Å². The first-order valence-corrected chi connectivity index (χ1v) is 7.06. The molecule has 25 heavy (non-hydrogen) atoms. The molecule has 0 aliphatic rings. The van der Waals surface area contributed by atoms with Crippen LogP contribution in [0.15, 0.2) is 53.8 Å². The highest BCUT2D eigenvalue weighted by Gasteiger charge is 2.20. The molecule has 1 aromatic carbocycles. The molecule has 0 fully saturated rings. The van der Waals surface area contributed by atoms with Crippen LogP contribution in [-0.2, 0) is 0 Å². The van der Waals surface area contributed by atoms with E-state index in [0.29, 0.717) is 0 Å². The fraction of sp³-hybridized carbons (Fsp3) is 0. The van der Waals surface area contributed by atoms with Crippen LogP contribution in [0.25, 0.3) is 11.1 Å². The molecular weight excluding hydrogens is 330 g/mol. The van der Waals surface area contributed by atoms with Gasteiger partial charge in [0, 0.05) is 11.8 Å². The van der Waals surface area contributed by atoms with Crippen molar-refractivity contribution in [1.82, 2.24) is 15.2 Å². The van der Waals surface area contributed by atoms with Crippen LogP contribution in [0.5, 0.6) is 5.75 Å². The van der Waals surface area contributed by atoms with Crippen molar-refractivity contribution in [3.8, 4) is 16.9 Å². The molecule has 124 valence electrons. The Morgan fingerprint density at radius 1 is 1.08 bits per heavy atom. The molecule has 8 heteroatoms. The molecule has 0 spiro atoms. The van der Waals surface area contributed by atoms with Crippen LogP contribution >= 0.6 is 0 Å². The van der Waals surface area contributed by atoms with Crippen LogP contribution in [0.3, 0.4) is 0 Å². The minimum Gasteiger partial charge on any atom is -0.506 e. The molecule has 2 heterocycles. The van der Waals surface area contributed by atoms with Crippen molar-refractivity contribution in [3.63, 3.8) is 0 Å². The number of amides is 1. The highest BCUT2D eigenvalue weighted by Crippen LogP contribution is 2.28. The van der Waals surface area contributed by atoms with E-state index in [1.54, 1.807) is 0 Å². The second-order valence-corrected chi connectivity index (χ2v) is 4.86. The van der Waals surface area contributed by atoms with Gasteiger partial charge >= 0.3 is 0 Å². The maximum Gasteiger partial charge on any atom is 0.298 e. The number of hydrogen-bond acceptors (Lipinski definition) is 5. The van der Waals surface area contributed by atoms with Gasteiger partial charge in [0.15, 0.2) is 5.69 Å². The zero-order chi connectivity index (χ0) is 17.8. The lowest BCUT2D eigenvalue weighted by Gasteiger charge is -2.07. The Hall–Kier alpha value is -3.55. The maximum absolute atomic E-state index is 14.0. The van der Waals surface area contributed by atoms with Crippen molar-refractivity contribution >= 4 is 12.1 Å². The van der Waals surface area contributed by atoms with Gasteiger partial charge in [-0.15, -0.1) is 5.10 Å². The molecule has 0 unspecified atom stereocenters. The Balaban J connectivity index is 2.02. The Labute approximate surface area is 140 Å². The second kappa shape index (κ2) is 6.91. The number of aromatic hydroxyl groups is 1.